The Bertz CT molecular complexity index is 1290. The lowest BCUT2D eigenvalue weighted by atomic mass is 9.92. The first-order valence-corrected chi connectivity index (χ1v) is 10.3. The van der Waals surface area contributed by atoms with Crippen LogP contribution in [0.15, 0.2) is 48.5 Å². The molecule has 2 heterocycles. The van der Waals surface area contributed by atoms with Crippen molar-refractivity contribution >= 4 is 5.78 Å². The molecule has 176 valence electrons. The van der Waals surface area contributed by atoms with Crippen molar-refractivity contribution in [2.24, 2.45) is 0 Å². The van der Waals surface area contributed by atoms with Gasteiger partial charge in [0, 0.05) is 17.7 Å². The van der Waals surface area contributed by atoms with Crippen LogP contribution in [0, 0.1) is 0 Å². The van der Waals surface area contributed by atoms with Crippen LogP contribution >= 0.6 is 0 Å². The Balaban J connectivity index is 1.50. The highest BCUT2D eigenvalue weighted by Crippen LogP contribution is 2.45. The van der Waals surface area contributed by atoms with Crippen LogP contribution in [-0.4, -0.2) is 55.2 Å². The number of phenols is 4. The van der Waals surface area contributed by atoms with Gasteiger partial charge in [-0.2, -0.15) is 0 Å². The van der Waals surface area contributed by atoms with E-state index in [9.17, 15) is 35.4 Å². The van der Waals surface area contributed by atoms with Gasteiger partial charge in [-0.3, -0.25) is 4.79 Å². The molecule has 4 atom stereocenters. The van der Waals surface area contributed by atoms with E-state index in [1.54, 1.807) is 6.07 Å². The Morgan fingerprint density at radius 3 is 2.15 bits per heavy atom. The lowest BCUT2D eigenvalue weighted by Crippen LogP contribution is -2.37. The highest BCUT2D eigenvalue weighted by atomic mass is 16.6. The number of carbonyl (C=O) groups is 1. The molecule has 0 bridgehead atoms. The van der Waals surface area contributed by atoms with Gasteiger partial charge in [0.2, 0.25) is 5.78 Å². The highest BCUT2D eigenvalue weighted by molar-refractivity contribution is 6.05. The fourth-order valence-electron chi connectivity index (χ4n) is 4.13. The Morgan fingerprint density at radius 1 is 0.706 bits per heavy atom. The first-order chi connectivity index (χ1) is 16.3. The highest BCUT2D eigenvalue weighted by Gasteiger charge is 2.40. The van der Waals surface area contributed by atoms with E-state index < -0.39 is 42.6 Å². The fourth-order valence-corrected chi connectivity index (χ4v) is 4.13. The number of aliphatic hydroxyl groups excluding tert-OH is 2. The molecule has 0 fully saturated rings. The second-order valence-electron chi connectivity index (χ2n) is 8.02. The zero-order valence-electron chi connectivity index (χ0n) is 17.5. The maximum absolute atomic E-state index is 12.7. The minimum Gasteiger partial charge on any atom is -0.508 e. The van der Waals surface area contributed by atoms with E-state index in [0.29, 0.717) is 16.9 Å². The summed E-state index contributed by atoms with van der Waals surface area (Å²) < 4.78 is 17.6. The smallest absolute Gasteiger partial charge is 0.202 e. The van der Waals surface area contributed by atoms with E-state index in [4.69, 9.17) is 14.2 Å². The second kappa shape index (κ2) is 8.01. The van der Waals surface area contributed by atoms with Gasteiger partial charge in [0.05, 0.1) is 6.61 Å². The first kappa shape index (κ1) is 21.7. The second-order valence-corrected chi connectivity index (χ2v) is 8.02. The minimum absolute atomic E-state index is 0.0783. The van der Waals surface area contributed by atoms with Gasteiger partial charge >= 0.3 is 0 Å². The summed E-state index contributed by atoms with van der Waals surface area (Å²) in [5.74, 6) is -1.80. The third kappa shape index (κ3) is 3.49. The molecule has 0 spiro atoms. The topological polar surface area (TPSA) is 166 Å². The lowest BCUT2D eigenvalue weighted by Gasteiger charge is -2.35. The van der Waals surface area contributed by atoms with Gasteiger partial charge in [-0.15, -0.1) is 0 Å². The molecule has 2 aliphatic rings. The number of fused-ring (bicyclic) bond motifs is 2. The summed E-state index contributed by atoms with van der Waals surface area (Å²) in [6, 6.07) is 10.8. The molecule has 10 nitrogen and oxygen atoms in total. The third-order valence-corrected chi connectivity index (χ3v) is 5.80. The van der Waals surface area contributed by atoms with Gasteiger partial charge in [-0.25, -0.2) is 0 Å². The molecule has 0 unspecified atom stereocenters. The summed E-state index contributed by atoms with van der Waals surface area (Å²) in [4.78, 5) is 12.7. The van der Waals surface area contributed by atoms with Crippen molar-refractivity contribution in [2.45, 2.75) is 24.4 Å². The number of ketones is 1. The van der Waals surface area contributed by atoms with Crippen molar-refractivity contribution in [1.29, 1.82) is 0 Å². The van der Waals surface area contributed by atoms with Gasteiger partial charge in [0.25, 0.3) is 0 Å². The number of benzene rings is 3. The molecule has 2 aliphatic heterocycles. The number of rotatable bonds is 3. The molecule has 3 aromatic carbocycles. The molecule has 34 heavy (non-hydrogen) atoms. The van der Waals surface area contributed by atoms with Crippen LogP contribution in [0.2, 0.25) is 0 Å². The lowest BCUT2D eigenvalue weighted by molar-refractivity contribution is -0.0130. The average Bonchev–Trinajstić information content (AvgIpc) is 2.81. The summed E-state index contributed by atoms with van der Waals surface area (Å²) in [5.41, 5.74) is 0.568. The van der Waals surface area contributed by atoms with Crippen LogP contribution in [0.3, 0.4) is 0 Å². The van der Waals surface area contributed by atoms with E-state index in [0.717, 1.165) is 6.07 Å². The Kier molecular flexibility index (Phi) is 5.11. The van der Waals surface area contributed by atoms with E-state index >= 15 is 0 Å². The van der Waals surface area contributed by atoms with Crippen molar-refractivity contribution in [3.63, 3.8) is 0 Å². The molecule has 3 aromatic rings. The predicted molar refractivity (Wildman–Crippen MR) is 115 cm³/mol. The maximum Gasteiger partial charge on any atom is 0.202 e. The number of aromatic hydroxyl groups is 4. The Labute approximate surface area is 192 Å². The van der Waals surface area contributed by atoms with Gasteiger partial charge in [-0.1, -0.05) is 12.1 Å². The standard InChI is InChI=1S/C24H20O10/c25-9-19-23(10-1-3-13(27)14(28)5-10)33-17-6-11(2-4-16(17)32-19)24-22(31)21(30)20-15(29)7-12(26)8-18(20)34-24/h1-8,19,22-29,31H,9H2/t19-,22+,23-,24-/m1/s1. The van der Waals surface area contributed by atoms with Crippen LogP contribution in [0.1, 0.15) is 33.7 Å². The molecule has 5 rings (SSSR count). The van der Waals surface area contributed by atoms with Crippen molar-refractivity contribution in [2.75, 3.05) is 6.61 Å². The minimum atomic E-state index is -1.64. The molecule has 0 saturated carbocycles. The number of hydrogen-bond donors (Lipinski definition) is 6. The molecule has 0 aliphatic carbocycles. The fraction of sp³-hybridized carbons (Fsp3) is 0.208. The molecule has 0 radical (unpaired) electrons. The predicted octanol–water partition coefficient (Wildman–Crippen LogP) is 2.06. The first-order valence-electron chi connectivity index (χ1n) is 10.3. The normalized spacial score (nSPS) is 23.2. The number of hydrogen-bond acceptors (Lipinski definition) is 10. The van der Waals surface area contributed by atoms with Crippen LogP contribution in [0.4, 0.5) is 0 Å². The largest absolute Gasteiger partial charge is 0.508 e. The Morgan fingerprint density at radius 2 is 1.41 bits per heavy atom. The molecule has 6 N–H and O–H groups in total. The summed E-state index contributed by atoms with van der Waals surface area (Å²) in [7, 11) is 0. The quantitative estimate of drug-likeness (QED) is 0.313. The van der Waals surface area contributed by atoms with Crippen LogP contribution in [-0.2, 0) is 0 Å². The molecular formula is C24H20O10. The van der Waals surface area contributed by atoms with E-state index in [2.05, 4.69) is 0 Å². The van der Waals surface area contributed by atoms with Crippen molar-refractivity contribution in [3.05, 3.63) is 65.2 Å². The van der Waals surface area contributed by atoms with Crippen molar-refractivity contribution in [1.82, 2.24) is 0 Å². The average molecular weight is 468 g/mol. The van der Waals surface area contributed by atoms with Crippen LogP contribution in [0.25, 0.3) is 0 Å². The number of phenolic OH excluding ortho intramolecular Hbond substituents is 4. The third-order valence-electron chi connectivity index (χ3n) is 5.80. The van der Waals surface area contributed by atoms with Gasteiger partial charge < -0.3 is 44.8 Å². The van der Waals surface area contributed by atoms with Gasteiger partial charge in [-0.05, 0) is 29.8 Å². The summed E-state index contributed by atoms with van der Waals surface area (Å²) in [6.45, 7) is -0.393. The maximum atomic E-state index is 12.7. The van der Waals surface area contributed by atoms with E-state index in [-0.39, 0.29) is 34.3 Å². The molecule has 0 amide bonds. The molecular weight excluding hydrogens is 448 g/mol. The van der Waals surface area contributed by atoms with Crippen LogP contribution in [0.5, 0.6) is 40.2 Å². The number of ether oxygens (including phenoxy) is 3. The molecule has 10 heteroatoms. The van der Waals surface area contributed by atoms with Crippen molar-refractivity contribution < 1.29 is 49.6 Å². The number of carbonyl (C=O) groups excluding carboxylic acids is 1. The zero-order chi connectivity index (χ0) is 24.1. The van der Waals surface area contributed by atoms with E-state index in [1.807, 2.05) is 0 Å². The zero-order valence-corrected chi connectivity index (χ0v) is 17.5. The number of aliphatic hydroxyl groups is 2. The Hall–Kier alpha value is -4.15. The SMILES string of the molecule is O=C1c2c(O)cc(O)cc2O[C@H](c2ccc3c(c2)O[C@H](c2ccc(O)c(O)c2)[C@@H](CO)O3)[C@H]1O. The number of Topliss-reactive ketones (excluding diaryl/α,β-unsaturated/α-hetero) is 1. The molecule has 0 saturated heterocycles. The van der Waals surface area contributed by atoms with Crippen LogP contribution < -0.4 is 14.2 Å². The van der Waals surface area contributed by atoms with Gasteiger partial charge in [0.1, 0.15) is 22.8 Å². The monoisotopic (exact) mass is 468 g/mol. The van der Waals surface area contributed by atoms with Crippen molar-refractivity contribution in [3.8, 4) is 40.2 Å². The summed E-state index contributed by atoms with van der Waals surface area (Å²) >= 11 is 0. The summed E-state index contributed by atoms with van der Waals surface area (Å²) in [6.07, 6.45) is -4.45. The van der Waals surface area contributed by atoms with Gasteiger partial charge in [0.15, 0.2) is 47.4 Å². The van der Waals surface area contributed by atoms with E-state index in [1.165, 1.54) is 36.4 Å². The molecule has 0 aromatic heterocycles. The summed E-state index contributed by atoms with van der Waals surface area (Å²) in [5, 5.41) is 59.6.